The molecule has 3 heterocycles. The van der Waals surface area contributed by atoms with Gasteiger partial charge in [-0.15, -0.1) is 5.10 Å². The Kier molecular flexibility index (Phi) is 3.64. The molecule has 0 fully saturated rings. The fourth-order valence-corrected chi connectivity index (χ4v) is 2.59. The Morgan fingerprint density at radius 3 is 2.60 bits per heavy atom. The van der Waals surface area contributed by atoms with Crippen LogP contribution in [0.4, 0.5) is 6.01 Å². The lowest BCUT2D eigenvalue weighted by atomic mass is 10.2. The standard InChI is InChI=1S/C17H15N3O5/c1-9-7-12(10(2)24-9)15(21)18-17-20-19-16(25-17)11-3-4-13-14(8-11)23-6-5-22-13/h3-4,7-8H,5-6H2,1-2H3,(H,18,20,21). The van der Waals surface area contributed by atoms with Crippen molar-refractivity contribution in [2.75, 3.05) is 18.5 Å². The number of nitrogens with one attached hydrogen (secondary N) is 1. The third-order valence-electron chi connectivity index (χ3n) is 3.72. The van der Waals surface area contributed by atoms with Crippen molar-refractivity contribution >= 4 is 11.9 Å². The Labute approximate surface area is 142 Å². The average Bonchev–Trinajstić information content (AvgIpc) is 3.20. The van der Waals surface area contributed by atoms with E-state index in [1.807, 2.05) is 0 Å². The van der Waals surface area contributed by atoms with Crippen molar-refractivity contribution in [2.45, 2.75) is 13.8 Å². The summed E-state index contributed by atoms with van der Waals surface area (Å²) >= 11 is 0. The van der Waals surface area contributed by atoms with Crippen LogP contribution in [0.3, 0.4) is 0 Å². The minimum absolute atomic E-state index is 0.00754. The second kappa shape index (κ2) is 5.97. The predicted octanol–water partition coefficient (Wildman–Crippen LogP) is 2.97. The lowest BCUT2D eigenvalue weighted by Crippen LogP contribution is -2.15. The molecule has 25 heavy (non-hydrogen) atoms. The van der Waals surface area contributed by atoms with E-state index in [1.165, 1.54) is 0 Å². The zero-order valence-electron chi connectivity index (χ0n) is 13.7. The maximum Gasteiger partial charge on any atom is 0.322 e. The maximum absolute atomic E-state index is 12.3. The fourth-order valence-electron chi connectivity index (χ4n) is 2.59. The molecule has 3 aromatic rings. The maximum atomic E-state index is 12.3. The molecule has 2 aromatic heterocycles. The summed E-state index contributed by atoms with van der Waals surface area (Å²) in [4.78, 5) is 12.3. The van der Waals surface area contributed by atoms with Crippen LogP contribution in [0.1, 0.15) is 21.9 Å². The highest BCUT2D eigenvalue weighted by molar-refractivity contribution is 6.03. The number of carbonyl (C=O) groups excluding carboxylic acids is 1. The minimum Gasteiger partial charge on any atom is -0.486 e. The molecule has 128 valence electrons. The van der Waals surface area contributed by atoms with E-state index >= 15 is 0 Å². The van der Waals surface area contributed by atoms with Crippen molar-refractivity contribution in [1.29, 1.82) is 0 Å². The van der Waals surface area contributed by atoms with Crippen LogP contribution in [-0.2, 0) is 0 Å². The molecule has 0 radical (unpaired) electrons. The van der Waals surface area contributed by atoms with Crippen LogP contribution < -0.4 is 14.8 Å². The Bertz CT molecular complexity index is 944. The number of rotatable bonds is 3. The first-order valence-electron chi connectivity index (χ1n) is 7.72. The number of aryl methyl sites for hydroxylation is 2. The number of amides is 1. The van der Waals surface area contributed by atoms with Gasteiger partial charge in [0.15, 0.2) is 11.5 Å². The molecular weight excluding hydrogens is 326 g/mol. The summed E-state index contributed by atoms with van der Waals surface area (Å²) in [5, 5.41) is 10.4. The van der Waals surface area contributed by atoms with E-state index in [9.17, 15) is 4.79 Å². The predicted molar refractivity (Wildman–Crippen MR) is 86.9 cm³/mol. The lowest BCUT2D eigenvalue weighted by Gasteiger charge is -2.18. The molecule has 0 bridgehead atoms. The second-order valence-electron chi connectivity index (χ2n) is 5.55. The third kappa shape index (κ3) is 2.93. The van der Waals surface area contributed by atoms with Crippen molar-refractivity contribution in [3.63, 3.8) is 0 Å². The number of benzene rings is 1. The molecule has 8 heteroatoms. The first-order valence-corrected chi connectivity index (χ1v) is 7.72. The van der Waals surface area contributed by atoms with Crippen molar-refractivity contribution in [2.24, 2.45) is 0 Å². The smallest absolute Gasteiger partial charge is 0.322 e. The first-order chi connectivity index (χ1) is 12.1. The van der Waals surface area contributed by atoms with Gasteiger partial charge in [0.1, 0.15) is 24.7 Å². The van der Waals surface area contributed by atoms with Crippen LogP contribution in [0.2, 0.25) is 0 Å². The highest BCUT2D eigenvalue weighted by atomic mass is 16.6. The molecule has 8 nitrogen and oxygen atoms in total. The average molecular weight is 341 g/mol. The molecule has 1 aromatic carbocycles. The molecule has 1 aliphatic rings. The molecule has 0 aliphatic carbocycles. The van der Waals surface area contributed by atoms with E-state index in [4.69, 9.17) is 18.3 Å². The number of furan rings is 1. The molecule has 0 saturated carbocycles. The number of hydrogen-bond donors (Lipinski definition) is 1. The Hall–Kier alpha value is -3.29. The summed E-state index contributed by atoms with van der Waals surface area (Å²) < 4.78 is 21.9. The van der Waals surface area contributed by atoms with Crippen LogP contribution in [0.5, 0.6) is 11.5 Å². The molecule has 0 saturated heterocycles. The van der Waals surface area contributed by atoms with Crippen molar-refractivity contribution in [1.82, 2.24) is 10.2 Å². The molecular formula is C17H15N3O5. The molecule has 1 amide bonds. The number of nitrogens with zero attached hydrogens (tertiary/aromatic N) is 2. The van der Waals surface area contributed by atoms with E-state index < -0.39 is 0 Å². The van der Waals surface area contributed by atoms with E-state index in [2.05, 4.69) is 15.5 Å². The molecule has 1 N–H and O–H groups in total. The number of fused-ring (bicyclic) bond motifs is 1. The quantitative estimate of drug-likeness (QED) is 0.781. The summed E-state index contributed by atoms with van der Waals surface area (Å²) in [6.45, 7) is 4.51. The summed E-state index contributed by atoms with van der Waals surface area (Å²) in [5.41, 5.74) is 1.10. The van der Waals surface area contributed by atoms with Crippen LogP contribution in [-0.4, -0.2) is 29.3 Å². The number of anilines is 1. The second-order valence-corrected chi connectivity index (χ2v) is 5.55. The van der Waals surface area contributed by atoms with E-state index in [0.717, 1.165) is 0 Å². The van der Waals surface area contributed by atoms with Crippen molar-refractivity contribution in [3.05, 3.63) is 41.3 Å². The lowest BCUT2D eigenvalue weighted by molar-refractivity contribution is 0.102. The number of hydrogen-bond acceptors (Lipinski definition) is 7. The van der Waals surface area contributed by atoms with Gasteiger partial charge in [0.25, 0.3) is 5.91 Å². The van der Waals surface area contributed by atoms with Crippen LogP contribution in [0.15, 0.2) is 33.1 Å². The highest BCUT2D eigenvalue weighted by Crippen LogP contribution is 2.34. The fraction of sp³-hybridized carbons (Fsp3) is 0.235. The van der Waals surface area contributed by atoms with Crippen LogP contribution in [0.25, 0.3) is 11.5 Å². The van der Waals surface area contributed by atoms with E-state index in [1.54, 1.807) is 38.1 Å². The number of aromatic nitrogens is 2. The molecule has 0 unspecified atom stereocenters. The van der Waals surface area contributed by atoms with Gasteiger partial charge in [-0.25, -0.2) is 0 Å². The first kappa shape index (κ1) is 15.3. The van der Waals surface area contributed by atoms with Gasteiger partial charge in [-0.2, -0.15) is 0 Å². The normalized spacial score (nSPS) is 12.9. The Morgan fingerprint density at radius 2 is 1.84 bits per heavy atom. The van der Waals surface area contributed by atoms with Crippen molar-refractivity contribution < 1.29 is 23.1 Å². The van der Waals surface area contributed by atoms with E-state index in [-0.39, 0.29) is 17.8 Å². The topological polar surface area (TPSA) is 99.6 Å². The van der Waals surface area contributed by atoms with Gasteiger partial charge < -0.3 is 18.3 Å². The van der Waals surface area contributed by atoms with Gasteiger partial charge in [-0.05, 0) is 38.1 Å². The summed E-state index contributed by atoms with van der Waals surface area (Å²) in [7, 11) is 0. The van der Waals surface area contributed by atoms with Crippen LogP contribution in [0, 0.1) is 13.8 Å². The molecule has 0 spiro atoms. The zero-order chi connectivity index (χ0) is 17.4. The molecule has 0 atom stereocenters. The highest BCUT2D eigenvalue weighted by Gasteiger charge is 2.18. The van der Waals surface area contributed by atoms with E-state index in [0.29, 0.717) is 47.4 Å². The van der Waals surface area contributed by atoms with Gasteiger partial charge in [0.05, 0.1) is 5.56 Å². The van der Waals surface area contributed by atoms with Crippen LogP contribution >= 0.6 is 0 Å². The number of ether oxygens (including phenoxy) is 2. The summed E-state index contributed by atoms with van der Waals surface area (Å²) in [6.07, 6.45) is 0. The van der Waals surface area contributed by atoms with Gasteiger partial charge >= 0.3 is 6.01 Å². The SMILES string of the molecule is Cc1cc(C(=O)Nc2nnc(-c3ccc4c(c3)OCCO4)o2)c(C)o1. The molecule has 4 rings (SSSR count). The Balaban J connectivity index is 1.54. The van der Waals surface area contributed by atoms with Crippen molar-refractivity contribution in [3.8, 4) is 23.0 Å². The zero-order valence-corrected chi connectivity index (χ0v) is 13.7. The summed E-state index contributed by atoms with van der Waals surface area (Å²) in [6, 6.07) is 6.99. The summed E-state index contributed by atoms with van der Waals surface area (Å²) in [5.74, 6) is 2.39. The Morgan fingerprint density at radius 1 is 1.04 bits per heavy atom. The largest absolute Gasteiger partial charge is 0.486 e. The number of carbonyl (C=O) groups is 1. The monoisotopic (exact) mass is 341 g/mol. The van der Waals surface area contributed by atoms with Gasteiger partial charge in [-0.3, -0.25) is 10.1 Å². The van der Waals surface area contributed by atoms with Gasteiger partial charge in [0, 0.05) is 5.56 Å². The third-order valence-corrected chi connectivity index (χ3v) is 3.72. The van der Waals surface area contributed by atoms with Gasteiger partial charge in [0.2, 0.25) is 5.89 Å². The van der Waals surface area contributed by atoms with Gasteiger partial charge in [-0.1, -0.05) is 5.10 Å². The minimum atomic E-state index is -0.369. The molecule has 1 aliphatic heterocycles.